The lowest BCUT2D eigenvalue weighted by atomic mass is 10.2. The molecule has 0 saturated heterocycles. The summed E-state index contributed by atoms with van der Waals surface area (Å²) in [7, 11) is -3.39. The Morgan fingerprint density at radius 3 is 2.63 bits per heavy atom. The first-order valence-electron chi connectivity index (χ1n) is 5.64. The molecule has 19 heavy (non-hydrogen) atoms. The van der Waals surface area contributed by atoms with Crippen LogP contribution in [0.3, 0.4) is 0 Å². The monoisotopic (exact) mass is 300 g/mol. The summed E-state index contributed by atoms with van der Waals surface area (Å²) in [6, 6.07) is 5.44. The zero-order valence-electron chi connectivity index (χ0n) is 10.0. The van der Waals surface area contributed by atoms with Crippen molar-refractivity contribution < 1.29 is 12.8 Å². The van der Waals surface area contributed by atoms with Crippen LogP contribution in [0.1, 0.15) is 10.4 Å². The highest BCUT2D eigenvalue weighted by atomic mass is 32.2. The van der Waals surface area contributed by atoms with Crippen molar-refractivity contribution in [2.75, 3.05) is 6.54 Å². The van der Waals surface area contributed by atoms with Gasteiger partial charge in [-0.2, -0.15) is 0 Å². The molecule has 0 aliphatic carbocycles. The zero-order valence-corrected chi connectivity index (χ0v) is 11.7. The van der Waals surface area contributed by atoms with Crippen molar-refractivity contribution in [1.82, 2.24) is 9.71 Å². The second-order valence-electron chi connectivity index (χ2n) is 4.00. The Morgan fingerprint density at radius 2 is 2.00 bits per heavy atom. The number of nitrogens with zero attached hydrogens (tertiary/aromatic N) is 1. The van der Waals surface area contributed by atoms with E-state index >= 15 is 0 Å². The van der Waals surface area contributed by atoms with Crippen LogP contribution in [-0.2, 0) is 22.2 Å². The summed E-state index contributed by atoms with van der Waals surface area (Å²) in [6.45, 7) is 0.339. The lowest BCUT2D eigenvalue weighted by Gasteiger charge is -2.06. The van der Waals surface area contributed by atoms with Gasteiger partial charge in [-0.25, -0.2) is 17.5 Å². The smallest absolute Gasteiger partial charge is 0.215 e. The van der Waals surface area contributed by atoms with Gasteiger partial charge in [0.25, 0.3) is 0 Å². The Labute approximate surface area is 115 Å². The molecular formula is C12H13FN2O2S2. The summed E-state index contributed by atoms with van der Waals surface area (Å²) in [5, 5.41) is 0. The summed E-state index contributed by atoms with van der Waals surface area (Å²) in [5.74, 6) is -0.519. The molecule has 0 fully saturated rings. The molecule has 102 valence electrons. The molecule has 0 unspecified atom stereocenters. The van der Waals surface area contributed by atoms with Crippen LogP contribution in [0.25, 0.3) is 0 Å². The van der Waals surface area contributed by atoms with Gasteiger partial charge < -0.3 is 0 Å². The number of nitrogens with one attached hydrogen (secondary N) is 1. The van der Waals surface area contributed by atoms with Gasteiger partial charge in [-0.15, -0.1) is 11.3 Å². The van der Waals surface area contributed by atoms with Crippen LogP contribution >= 0.6 is 11.3 Å². The van der Waals surface area contributed by atoms with Crippen LogP contribution in [0.5, 0.6) is 0 Å². The van der Waals surface area contributed by atoms with E-state index in [1.165, 1.54) is 35.6 Å². The minimum atomic E-state index is -3.39. The Morgan fingerprint density at radius 1 is 1.26 bits per heavy atom. The van der Waals surface area contributed by atoms with Crippen LogP contribution in [0.4, 0.5) is 4.39 Å². The number of sulfonamides is 1. The minimum Gasteiger partial charge on any atom is -0.253 e. The Balaban J connectivity index is 1.86. The zero-order chi connectivity index (χ0) is 13.7. The van der Waals surface area contributed by atoms with Crippen LogP contribution < -0.4 is 4.72 Å². The van der Waals surface area contributed by atoms with E-state index in [-0.39, 0.29) is 11.6 Å². The Hall–Kier alpha value is -1.31. The predicted octanol–water partition coefficient (Wildman–Crippen LogP) is 1.94. The van der Waals surface area contributed by atoms with Crippen molar-refractivity contribution in [3.63, 3.8) is 0 Å². The third-order valence-corrected chi connectivity index (χ3v) is 4.64. The fourth-order valence-electron chi connectivity index (χ4n) is 1.55. The first kappa shape index (κ1) is 14.1. The molecular weight excluding hydrogens is 287 g/mol. The van der Waals surface area contributed by atoms with Crippen molar-refractivity contribution in [2.45, 2.75) is 12.2 Å². The standard InChI is InChI=1S/C12H13FN2O2S2/c13-11-3-1-10(2-4-11)8-19(16,17)15-6-5-12-7-14-9-18-12/h1-4,7,9,15H,5-6,8H2. The van der Waals surface area contributed by atoms with E-state index in [4.69, 9.17) is 0 Å². The van der Waals surface area contributed by atoms with Crippen molar-refractivity contribution >= 4 is 21.4 Å². The number of thiazole rings is 1. The maximum absolute atomic E-state index is 12.7. The second kappa shape index (κ2) is 6.23. The van der Waals surface area contributed by atoms with E-state index in [2.05, 4.69) is 9.71 Å². The van der Waals surface area contributed by atoms with Crippen LogP contribution in [0.15, 0.2) is 36.0 Å². The maximum atomic E-state index is 12.7. The normalized spacial score (nSPS) is 11.6. The Kier molecular flexibility index (Phi) is 4.62. The van der Waals surface area contributed by atoms with Gasteiger partial charge in [-0.3, -0.25) is 4.98 Å². The summed E-state index contributed by atoms with van der Waals surface area (Å²) in [5.41, 5.74) is 2.27. The van der Waals surface area contributed by atoms with Gasteiger partial charge in [-0.05, 0) is 24.1 Å². The molecule has 2 aromatic rings. The number of rotatable bonds is 6. The van der Waals surface area contributed by atoms with Gasteiger partial charge in [0.05, 0.1) is 11.3 Å². The lowest BCUT2D eigenvalue weighted by molar-refractivity contribution is 0.580. The first-order valence-corrected chi connectivity index (χ1v) is 8.17. The number of halogens is 1. The average molecular weight is 300 g/mol. The molecule has 0 amide bonds. The molecule has 1 heterocycles. The third-order valence-electron chi connectivity index (χ3n) is 2.45. The van der Waals surface area contributed by atoms with Crippen LogP contribution in [0, 0.1) is 5.82 Å². The van der Waals surface area contributed by atoms with E-state index < -0.39 is 10.0 Å². The second-order valence-corrected chi connectivity index (χ2v) is 6.78. The molecule has 7 heteroatoms. The molecule has 1 aromatic heterocycles. The van der Waals surface area contributed by atoms with Gasteiger partial charge in [0, 0.05) is 17.6 Å². The Bertz CT molecular complexity index is 610. The topological polar surface area (TPSA) is 59.1 Å². The highest BCUT2D eigenvalue weighted by Crippen LogP contribution is 2.08. The van der Waals surface area contributed by atoms with E-state index in [0.29, 0.717) is 18.5 Å². The molecule has 0 aliphatic heterocycles. The number of hydrogen-bond acceptors (Lipinski definition) is 4. The molecule has 0 bridgehead atoms. The van der Waals surface area contributed by atoms with Gasteiger partial charge in [0.15, 0.2) is 0 Å². The minimum absolute atomic E-state index is 0.143. The number of benzene rings is 1. The van der Waals surface area contributed by atoms with Crippen LogP contribution in [0.2, 0.25) is 0 Å². The third kappa shape index (κ3) is 4.70. The fraction of sp³-hybridized carbons (Fsp3) is 0.250. The molecule has 0 radical (unpaired) electrons. The van der Waals surface area contributed by atoms with Gasteiger partial charge in [0.2, 0.25) is 10.0 Å². The molecule has 4 nitrogen and oxygen atoms in total. The van der Waals surface area contributed by atoms with Crippen molar-refractivity contribution in [2.24, 2.45) is 0 Å². The maximum Gasteiger partial charge on any atom is 0.215 e. The molecule has 0 saturated carbocycles. The van der Waals surface area contributed by atoms with Crippen LogP contribution in [-0.4, -0.2) is 19.9 Å². The quantitative estimate of drug-likeness (QED) is 0.887. The van der Waals surface area contributed by atoms with E-state index in [0.717, 1.165) is 4.88 Å². The fourth-order valence-corrected chi connectivity index (χ4v) is 3.29. The molecule has 0 aliphatic rings. The summed E-state index contributed by atoms with van der Waals surface area (Å²) >= 11 is 1.49. The van der Waals surface area contributed by atoms with Gasteiger partial charge in [-0.1, -0.05) is 12.1 Å². The summed E-state index contributed by atoms with van der Waals surface area (Å²) < 4.78 is 38.8. The van der Waals surface area contributed by atoms with Gasteiger partial charge in [0.1, 0.15) is 5.82 Å². The highest BCUT2D eigenvalue weighted by Gasteiger charge is 2.11. The van der Waals surface area contributed by atoms with Crippen molar-refractivity contribution in [1.29, 1.82) is 0 Å². The first-order chi connectivity index (χ1) is 9.05. The largest absolute Gasteiger partial charge is 0.253 e. The SMILES string of the molecule is O=S(=O)(Cc1ccc(F)cc1)NCCc1cncs1. The van der Waals surface area contributed by atoms with Crippen molar-refractivity contribution in [3.05, 3.63) is 52.2 Å². The van der Waals surface area contributed by atoms with E-state index in [1.54, 1.807) is 11.7 Å². The lowest BCUT2D eigenvalue weighted by Crippen LogP contribution is -2.27. The molecule has 0 atom stereocenters. The highest BCUT2D eigenvalue weighted by molar-refractivity contribution is 7.88. The average Bonchev–Trinajstić information content (AvgIpc) is 2.85. The van der Waals surface area contributed by atoms with Gasteiger partial charge >= 0.3 is 0 Å². The summed E-state index contributed by atoms with van der Waals surface area (Å²) in [6.07, 6.45) is 2.34. The number of hydrogen-bond donors (Lipinski definition) is 1. The molecule has 2 rings (SSSR count). The molecule has 1 aromatic carbocycles. The molecule has 0 spiro atoms. The number of aromatic nitrogens is 1. The van der Waals surface area contributed by atoms with E-state index in [9.17, 15) is 12.8 Å². The van der Waals surface area contributed by atoms with E-state index in [1.807, 2.05) is 0 Å². The summed E-state index contributed by atoms with van der Waals surface area (Å²) in [4.78, 5) is 4.95. The van der Waals surface area contributed by atoms with Crippen molar-refractivity contribution in [3.8, 4) is 0 Å². The predicted molar refractivity (Wildman–Crippen MR) is 72.8 cm³/mol. The molecule has 1 N–H and O–H groups in total.